The Morgan fingerprint density at radius 3 is 3.06 bits per heavy atom. The van der Waals surface area contributed by atoms with Crippen molar-refractivity contribution in [2.45, 2.75) is 20.3 Å². The van der Waals surface area contributed by atoms with E-state index >= 15 is 0 Å². The molecule has 1 aromatic heterocycles. The third-order valence-corrected chi connectivity index (χ3v) is 2.86. The first-order chi connectivity index (χ1) is 7.72. The van der Waals surface area contributed by atoms with Gasteiger partial charge in [-0.2, -0.15) is 0 Å². The summed E-state index contributed by atoms with van der Waals surface area (Å²) in [5, 5.41) is 7.26. The molecule has 0 aliphatic carbocycles. The van der Waals surface area contributed by atoms with E-state index in [-0.39, 0.29) is 0 Å². The van der Waals surface area contributed by atoms with Crippen LogP contribution in [-0.2, 0) is 0 Å². The molecule has 2 rings (SSSR count). The first-order valence-corrected chi connectivity index (χ1v) is 5.80. The molecule has 88 valence electrons. The fourth-order valence-electron chi connectivity index (χ4n) is 2.10. The molecule has 0 bridgehead atoms. The molecule has 0 fully saturated rings. The predicted molar refractivity (Wildman–Crippen MR) is 65.5 cm³/mol. The van der Waals surface area contributed by atoms with Crippen LogP contribution in [0.25, 0.3) is 5.57 Å². The number of aryl methyl sites for hydroxylation is 1. The summed E-state index contributed by atoms with van der Waals surface area (Å²) in [4.78, 5) is 2.32. The molecular formula is C12H19N3O. The lowest BCUT2D eigenvalue weighted by Gasteiger charge is -2.22. The third-order valence-electron chi connectivity index (χ3n) is 2.86. The number of anilines is 1. The molecule has 0 saturated heterocycles. The highest BCUT2D eigenvalue weighted by Gasteiger charge is 2.19. The Kier molecular flexibility index (Phi) is 3.29. The molecule has 1 aliphatic heterocycles. The zero-order valence-electron chi connectivity index (χ0n) is 10.2. The van der Waals surface area contributed by atoms with Crippen LogP contribution in [-0.4, -0.2) is 36.7 Å². The molecule has 16 heavy (non-hydrogen) atoms. The number of aromatic nitrogens is 1. The van der Waals surface area contributed by atoms with Gasteiger partial charge in [0.15, 0.2) is 0 Å². The van der Waals surface area contributed by atoms with Crippen LogP contribution in [0.1, 0.15) is 24.6 Å². The Bertz CT molecular complexity index is 395. The number of rotatable bonds is 3. The highest BCUT2D eigenvalue weighted by molar-refractivity contribution is 5.76. The van der Waals surface area contributed by atoms with E-state index in [2.05, 4.69) is 35.4 Å². The molecule has 0 radical (unpaired) electrons. The van der Waals surface area contributed by atoms with Crippen molar-refractivity contribution in [1.82, 2.24) is 10.1 Å². The van der Waals surface area contributed by atoms with Crippen LogP contribution in [0, 0.1) is 6.92 Å². The molecule has 0 saturated carbocycles. The molecule has 4 nitrogen and oxygen atoms in total. The fraction of sp³-hybridized carbons (Fsp3) is 0.583. The maximum atomic E-state index is 5.30. The van der Waals surface area contributed by atoms with Gasteiger partial charge in [-0.05, 0) is 32.9 Å². The second-order valence-corrected chi connectivity index (χ2v) is 4.26. The molecule has 4 heteroatoms. The van der Waals surface area contributed by atoms with Crippen LogP contribution in [0.5, 0.6) is 0 Å². The zero-order valence-corrected chi connectivity index (χ0v) is 10.2. The predicted octanol–water partition coefficient (Wildman–Crippen LogP) is 2.13. The van der Waals surface area contributed by atoms with Crippen LogP contribution in [0.15, 0.2) is 10.6 Å². The molecule has 0 atom stereocenters. The van der Waals surface area contributed by atoms with Gasteiger partial charge in [-0.3, -0.25) is 0 Å². The van der Waals surface area contributed by atoms with Gasteiger partial charge in [-0.25, -0.2) is 0 Å². The lowest BCUT2D eigenvalue weighted by atomic mass is 10.0. The lowest BCUT2D eigenvalue weighted by Crippen LogP contribution is -2.25. The zero-order chi connectivity index (χ0) is 11.5. The Labute approximate surface area is 96.3 Å². The smallest absolute Gasteiger partial charge is 0.232 e. The van der Waals surface area contributed by atoms with E-state index in [1.165, 1.54) is 5.57 Å². The van der Waals surface area contributed by atoms with E-state index in [9.17, 15) is 0 Å². The number of hydrogen-bond donors (Lipinski definition) is 1. The number of nitrogens with one attached hydrogen (secondary N) is 1. The third kappa shape index (κ3) is 2.11. The molecule has 0 unspecified atom stereocenters. The van der Waals surface area contributed by atoms with Crippen molar-refractivity contribution < 1.29 is 4.52 Å². The summed E-state index contributed by atoms with van der Waals surface area (Å²) in [6.45, 7) is 7.01. The Morgan fingerprint density at radius 2 is 2.38 bits per heavy atom. The van der Waals surface area contributed by atoms with Gasteiger partial charge in [0.1, 0.15) is 0 Å². The van der Waals surface area contributed by atoms with Crippen molar-refractivity contribution in [2.24, 2.45) is 0 Å². The van der Waals surface area contributed by atoms with Crippen LogP contribution >= 0.6 is 0 Å². The van der Waals surface area contributed by atoms with Crippen LogP contribution < -0.4 is 5.32 Å². The minimum absolute atomic E-state index is 0.807. The van der Waals surface area contributed by atoms with Crippen LogP contribution in [0.2, 0.25) is 0 Å². The summed E-state index contributed by atoms with van der Waals surface area (Å²) >= 11 is 0. The average Bonchev–Trinajstić information content (AvgIpc) is 2.60. The van der Waals surface area contributed by atoms with Crippen LogP contribution in [0.4, 0.5) is 5.88 Å². The van der Waals surface area contributed by atoms with Crippen molar-refractivity contribution in [3.8, 4) is 0 Å². The first-order valence-electron chi connectivity index (χ1n) is 5.80. The van der Waals surface area contributed by atoms with E-state index in [4.69, 9.17) is 4.52 Å². The Morgan fingerprint density at radius 1 is 1.56 bits per heavy atom. The molecule has 1 N–H and O–H groups in total. The monoisotopic (exact) mass is 221 g/mol. The van der Waals surface area contributed by atoms with Crippen molar-refractivity contribution in [1.29, 1.82) is 0 Å². The molecule has 0 amide bonds. The number of nitrogens with zero attached hydrogens (tertiary/aromatic N) is 2. The summed E-state index contributed by atoms with van der Waals surface area (Å²) in [6.07, 6.45) is 3.39. The Balaban J connectivity index is 2.31. The molecule has 0 spiro atoms. The van der Waals surface area contributed by atoms with Crippen molar-refractivity contribution in [3.63, 3.8) is 0 Å². The first kappa shape index (κ1) is 11.2. The normalized spacial score (nSPS) is 17.3. The number of likely N-dealkylation sites (N-methyl/N-ethyl adjacent to an activating group) is 1. The largest absolute Gasteiger partial charge is 0.354 e. The van der Waals surface area contributed by atoms with E-state index < -0.39 is 0 Å². The average molecular weight is 221 g/mol. The lowest BCUT2D eigenvalue weighted by molar-refractivity contribution is 0.372. The van der Waals surface area contributed by atoms with Gasteiger partial charge >= 0.3 is 0 Å². The summed E-state index contributed by atoms with van der Waals surface area (Å²) in [7, 11) is 2.14. The van der Waals surface area contributed by atoms with Crippen molar-refractivity contribution in [2.75, 3.05) is 32.0 Å². The van der Waals surface area contributed by atoms with E-state index in [1.807, 2.05) is 6.92 Å². The molecule has 1 aromatic rings. The SMILES string of the molecule is CCNc1onc(C)c1C1=CCCN(C)C1. The summed E-state index contributed by atoms with van der Waals surface area (Å²) < 4.78 is 5.30. The summed E-state index contributed by atoms with van der Waals surface area (Å²) in [6, 6.07) is 0. The summed E-state index contributed by atoms with van der Waals surface area (Å²) in [5.41, 5.74) is 3.44. The highest BCUT2D eigenvalue weighted by Crippen LogP contribution is 2.29. The molecule has 1 aliphatic rings. The standard InChI is InChI=1S/C12H19N3O/c1-4-13-12-11(9(2)14-16-12)10-6-5-7-15(3)8-10/h6,13H,4-5,7-8H2,1-3H3. The minimum atomic E-state index is 0.807. The maximum Gasteiger partial charge on any atom is 0.232 e. The van der Waals surface area contributed by atoms with Crippen molar-refractivity contribution >= 4 is 11.5 Å². The summed E-state index contributed by atoms with van der Waals surface area (Å²) in [5.74, 6) is 0.807. The van der Waals surface area contributed by atoms with Gasteiger partial charge in [0, 0.05) is 19.6 Å². The highest BCUT2D eigenvalue weighted by atomic mass is 16.5. The van der Waals surface area contributed by atoms with Gasteiger partial charge in [-0.15, -0.1) is 0 Å². The fourth-order valence-corrected chi connectivity index (χ4v) is 2.10. The van der Waals surface area contributed by atoms with E-state index in [1.54, 1.807) is 0 Å². The second-order valence-electron chi connectivity index (χ2n) is 4.26. The molecule has 2 heterocycles. The maximum absolute atomic E-state index is 5.30. The second kappa shape index (κ2) is 4.70. The van der Waals surface area contributed by atoms with Gasteiger partial charge in [0.2, 0.25) is 5.88 Å². The molecule has 0 aromatic carbocycles. The van der Waals surface area contributed by atoms with E-state index in [0.29, 0.717) is 0 Å². The Hall–Kier alpha value is -1.29. The number of hydrogen-bond acceptors (Lipinski definition) is 4. The molecular weight excluding hydrogens is 202 g/mol. The van der Waals surface area contributed by atoms with Gasteiger partial charge in [0.25, 0.3) is 0 Å². The van der Waals surface area contributed by atoms with Gasteiger partial charge in [0.05, 0.1) is 11.3 Å². The van der Waals surface area contributed by atoms with Gasteiger partial charge in [-0.1, -0.05) is 11.2 Å². The minimum Gasteiger partial charge on any atom is -0.354 e. The quantitative estimate of drug-likeness (QED) is 0.849. The topological polar surface area (TPSA) is 41.3 Å². The van der Waals surface area contributed by atoms with Crippen LogP contribution in [0.3, 0.4) is 0 Å². The van der Waals surface area contributed by atoms with Crippen molar-refractivity contribution in [3.05, 3.63) is 17.3 Å². The van der Waals surface area contributed by atoms with Gasteiger partial charge < -0.3 is 14.7 Å². The van der Waals surface area contributed by atoms with E-state index in [0.717, 1.165) is 43.2 Å².